The van der Waals surface area contributed by atoms with Gasteiger partial charge in [-0.2, -0.15) is 0 Å². The van der Waals surface area contributed by atoms with Crippen LogP contribution in [0.3, 0.4) is 0 Å². The summed E-state index contributed by atoms with van der Waals surface area (Å²) in [6.45, 7) is 0.00455. The number of benzene rings is 2. The van der Waals surface area contributed by atoms with Gasteiger partial charge in [0.1, 0.15) is 5.56 Å². The quantitative estimate of drug-likeness (QED) is 0.594. The van der Waals surface area contributed by atoms with Crippen molar-refractivity contribution in [3.63, 3.8) is 0 Å². The molecule has 132 valence electrons. The Hall–Kier alpha value is -2.78. The molecule has 0 heterocycles. The normalized spacial score (nSPS) is 11.1. The van der Waals surface area contributed by atoms with Crippen molar-refractivity contribution in [3.05, 3.63) is 63.7 Å². The smallest absolute Gasteiger partial charge is 0.283 e. The van der Waals surface area contributed by atoms with Gasteiger partial charge in [-0.05, 0) is 36.2 Å². The number of amides is 1. The minimum atomic E-state index is -3.63. The van der Waals surface area contributed by atoms with Crippen LogP contribution in [0.2, 0.25) is 0 Å². The van der Waals surface area contributed by atoms with E-state index in [-0.39, 0.29) is 17.1 Å². The zero-order chi connectivity index (χ0) is 18.6. The lowest BCUT2D eigenvalue weighted by molar-refractivity contribution is -0.385. The summed E-state index contributed by atoms with van der Waals surface area (Å²) in [7, 11) is -3.63. The Morgan fingerprint density at radius 1 is 1.20 bits per heavy atom. The minimum absolute atomic E-state index is 0.00455. The Kier molecular flexibility index (Phi) is 5.50. The summed E-state index contributed by atoms with van der Waals surface area (Å²) >= 11 is 0. The van der Waals surface area contributed by atoms with E-state index in [9.17, 15) is 23.3 Å². The van der Waals surface area contributed by atoms with Gasteiger partial charge in [-0.25, -0.2) is 8.42 Å². The average Bonchev–Trinajstić information content (AvgIpc) is 2.55. The summed E-state index contributed by atoms with van der Waals surface area (Å²) in [6, 6.07) is 9.79. The number of rotatable bonds is 6. The van der Waals surface area contributed by atoms with Crippen LogP contribution in [0, 0.1) is 10.1 Å². The number of carbonyl (C=O) groups excluding carboxylic acids is 1. The number of nitro benzene ring substituents is 1. The summed E-state index contributed by atoms with van der Waals surface area (Å²) in [6.07, 6.45) is 1.41. The number of hydrogen-bond acceptors (Lipinski definition) is 6. The summed E-state index contributed by atoms with van der Waals surface area (Å²) in [5, 5.41) is 22.6. The van der Waals surface area contributed by atoms with Gasteiger partial charge >= 0.3 is 0 Å². The van der Waals surface area contributed by atoms with Crippen molar-refractivity contribution in [1.82, 2.24) is 0 Å². The highest BCUT2D eigenvalue weighted by atomic mass is 32.2. The molecular formula is C16H16N2O6S. The summed E-state index contributed by atoms with van der Waals surface area (Å²) in [5.41, 5.74) is 0.478. The van der Waals surface area contributed by atoms with Crippen LogP contribution in [0.4, 0.5) is 11.4 Å². The lowest BCUT2D eigenvalue weighted by Gasteiger charge is -2.08. The molecule has 0 aliphatic carbocycles. The molecule has 0 aromatic heterocycles. The highest BCUT2D eigenvalue weighted by Gasteiger charge is 2.23. The lowest BCUT2D eigenvalue weighted by atomic mass is 10.1. The van der Waals surface area contributed by atoms with Crippen LogP contribution in [-0.2, 0) is 16.3 Å². The fraction of sp³-hybridized carbons (Fsp3) is 0.188. The Bertz CT molecular complexity index is 907. The van der Waals surface area contributed by atoms with Gasteiger partial charge in [0, 0.05) is 24.6 Å². The fourth-order valence-corrected chi connectivity index (χ4v) is 2.81. The van der Waals surface area contributed by atoms with E-state index >= 15 is 0 Å². The molecule has 9 heteroatoms. The molecule has 0 fully saturated rings. The Morgan fingerprint density at radius 3 is 2.36 bits per heavy atom. The largest absolute Gasteiger partial charge is 0.396 e. The highest BCUT2D eigenvalue weighted by molar-refractivity contribution is 7.90. The molecule has 0 atom stereocenters. The highest BCUT2D eigenvalue weighted by Crippen LogP contribution is 2.24. The lowest BCUT2D eigenvalue weighted by Crippen LogP contribution is -2.14. The van der Waals surface area contributed by atoms with Gasteiger partial charge in [0.15, 0.2) is 9.84 Å². The van der Waals surface area contributed by atoms with Gasteiger partial charge in [-0.3, -0.25) is 14.9 Å². The monoisotopic (exact) mass is 364 g/mol. The van der Waals surface area contributed by atoms with Crippen LogP contribution in [0.1, 0.15) is 15.9 Å². The second-order valence-electron chi connectivity index (χ2n) is 5.33. The predicted molar refractivity (Wildman–Crippen MR) is 91.4 cm³/mol. The van der Waals surface area contributed by atoms with Gasteiger partial charge in [0.05, 0.1) is 9.82 Å². The number of sulfone groups is 1. The van der Waals surface area contributed by atoms with Crippen LogP contribution < -0.4 is 5.32 Å². The van der Waals surface area contributed by atoms with Gasteiger partial charge < -0.3 is 10.4 Å². The first-order valence-electron chi connectivity index (χ1n) is 7.22. The summed E-state index contributed by atoms with van der Waals surface area (Å²) in [4.78, 5) is 22.5. The topological polar surface area (TPSA) is 127 Å². The van der Waals surface area contributed by atoms with Crippen molar-refractivity contribution < 1.29 is 23.2 Å². The maximum absolute atomic E-state index is 12.3. The SMILES string of the molecule is CS(=O)(=O)c1ccc(C(=O)Nc2ccc(CCO)cc2)c([N+](=O)[O-])c1. The summed E-state index contributed by atoms with van der Waals surface area (Å²) in [5.74, 6) is -0.721. The molecule has 0 saturated carbocycles. The second-order valence-corrected chi connectivity index (χ2v) is 7.35. The molecule has 2 aromatic rings. The second kappa shape index (κ2) is 7.41. The molecule has 2 N–H and O–H groups in total. The third-order valence-corrected chi connectivity index (χ3v) is 4.56. The van der Waals surface area contributed by atoms with E-state index in [0.717, 1.165) is 30.0 Å². The number of nitrogens with zero attached hydrogens (tertiary/aromatic N) is 1. The number of carbonyl (C=O) groups is 1. The zero-order valence-electron chi connectivity index (χ0n) is 13.3. The molecule has 0 radical (unpaired) electrons. The minimum Gasteiger partial charge on any atom is -0.396 e. The molecule has 0 bridgehead atoms. The molecule has 1 amide bonds. The van der Waals surface area contributed by atoms with Crippen molar-refractivity contribution in [2.24, 2.45) is 0 Å². The molecule has 0 spiro atoms. The first kappa shape index (κ1) is 18.6. The number of nitrogens with one attached hydrogen (secondary N) is 1. The van der Waals surface area contributed by atoms with E-state index in [0.29, 0.717) is 12.1 Å². The molecule has 2 rings (SSSR count). The molecule has 0 aliphatic rings. The van der Waals surface area contributed by atoms with E-state index < -0.39 is 26.4 Å². The number of nitro groups is 1. The van der Waals surface area contributed by atoms with Crippen molar-refractivity contribution in [1.29, 1.82) is 0 Å². The van der Waals surface area contributed by atoms with Crippen LogP contribution in [0.5, 0.6) is 0 Å². The van der Waals surface area contributed by atoms with Crippen molar-refractivity contribution in [2.45, 2.75) is 11.3 Å². The zero-order valence-corrected chi connectivity index (χ0v) is 14.1. The van der Waals surface area contributed by atoms with E-state index in [1.54, 1.807) is 24.3 Å². The van der Waals surface area contributed by atoms with Gasteiger partial charge in [-0.1, -0.05) is 12.1 Å². The molecule has 2 aromatic carbocycles. The number of aliphatic hydroxyl groups excluding tert-OH is 1. The first-order valence-corrected chi connectivity index (χ1v) is 9.11. The Labute approximate surface area is 144 Å². The fourth-order valence-electron chi connectivity index (χ4n) is 2.17. The standard InChI is InChI=1S/C16H16N2O6S/c1-25(23,24)13-6-7-14(15(10-13)18(21)22)16(20)17-12-4-2-11(3-5-12)8-9-19/h2-7,10,19H,8-9H2,1H3,(H,17,20). The molecular weight excluding hydrogens is 348 g/mol. The van der Waals surface area contributed by atoms with Crippen LogP contribution >= 0.6 is 0 Å². The number of anilines is 1. The average molecular weight is 364 g/mol. The third-order valence-electron chi connectivity index (χ3n) is 3.45. The number of aliphatic hydroxyl groups is 1. The predicted octanol–water partition coefficient (Wildman–Crippen LogP) is 1.79. The Balaban J connectivity index is 2.30. The molecule has 0 unspecified atom stereocenters. The van der Waals surface area contributed by atoms with Crippen LogP contribution in [0.15, 0.2) is 47.4 Å². The maximum atomic E-state index is 12.3. The van der Waals surface area contributed by atoms with Gasteiger partial charge in [-0.15, -0.1) is 0 Å². The maximum Gasteiger partial charge on any atom is 0.283 e. The van der Waals surface area contributed by atoms with Crippen molar-refractivity contribution in [2.75, 3.05) is 18.2 Å². The van der Waals surface area contributed by atoms with Gasteiger partial charge in [0.2, 0.25) is 0 Å². The van der Waals surface area contributed by atoms with Gasteiger partial charge in [0.25, 0.3) is 11.6 Å². The Morgan fingerprint density at radius 2 is 1.84 bits per heavy atom. The van der Waals surface area contributed by atoms with E-state index in [2.05, 4.69) is 5.32 Å². The first-order chi connectivity index (χ1) is 11.7. The van der Waals surface area contributed by atoms with E-state index in [1.807, 2.05) is 0 Å². The summed E-state index contributed by atoms with van der Waals surface area (Å²) < 4.78 is 23.0. The van der Waals surface area contributed by atoms with Crippen LogP contribution in [0.25, 0.3) is 0 Å². The van der Waals surface area contributed by atoms with Crippen molar-refractivity contribution in [3.8, 4) is 0 Å². The van der Waals surface area contributed by atoms with Crippen molar-refractivity contribution >= 4 is 27.1 Å². The molecule has 25 heavy (non-hydrogen) atoms. The van der Waals surface area contributed by atoms with Crippen LogP contribution in [-0.4, -0.2) is 37.2 Å². The molecule has 8 nitrogen and oxygen atoms in total. The van der Waals surface area contributed by atoms with E-state index in [4.69, 9.17) is 5.11 Å². The third kappa shape index (κ3) is 4.61. The number of hydrogen-bond donors (Lipinski definition) is 2. The molecule has 0 saturated heterocycles. The molecule has 0 aliphatic heterocycles. The van der Waals surface area contributed by atoms with E-state index in [1.165, 1.54) is 0 Å².